The molecule has 1 unspecified atom stereocenters. The van der Waals surface area contributed by atoms with Crippen LogP contribution in [0.2, 0.25) is 0 Å². The first-order valence-electron chi connectivity index (χ1n) is 17.6. The van der Waals surface area contributed by atoms with Crippen molar-refractivity contribution in [2.45, 2.75) is 97.5 Å². The maximum atomic E-state index is 14.5. The molecule has 2 aliphatic rings. The van der Waals surface area contributed by atoms with Crippen LogP contribution in [0.3, 0.4) is 0 Å². The molecule has 16 heteroatoms. The van der Waals surface area contributed by atoms with Gasteiger partial charge in [-0.15, -0.1) is 6.58 Å². The predicted octanol–water partition coefficient (Wildman–Crippen LogP) is 4.64. The number of benzene rings is 1. The van der Waals surface area contributed by atoms with E-state index in [1.54, 1.807) is 25.4 Å². The Hall–Kier alpha value is -5.25. The van der Waals surface area contributed by atoms with Crippen LogP contribution in [0.5, 0.6) is 11.5 Å². The highest BCUT2D eigenvalue weighted by Crippen LogP contribution is 2.45. The van der Waals surface area contributed by atoms with Crippen molar-refractivity contribution in [2.24, 2.45) is 11.3 Å². The summed E-state index contributed by atoms with van der Waals surface area (Å²) in [4.78, 5) is 77.0. The molecule has 0 bridgehead atoms. The Bertz CT molecular complexity index is 2000. The van der Waals surface area contributed by atoms with Crippen LogP contribution >= 0.6 is 11.3 Å². The zero-order chi connectivity index (χ0) is 39.9. The lowest BCUT2D eigenvalue weighted by atomic mass is 9.85. The van der Waals surface area contributed by atoms with Crippen molar-refractivity contribution in [1.29, 1.82) is 0 Å². The standard InChI is InChI=1S/C38H49N7O8S/c1-11-21-16-38(21,33(49)50)43-31(47)25-14-22(18-45(25)32(48)30(36(4,5)6)42-34(51)44-37(7,8)9)53-27-15-24(28-17-39-35(54-28)40-20(3)46)41-29-19(2)26(52-10)13-12-23(27)29/h11-13,15,17,21-22,25,30H,1,14,16,18H2,2-10H3,(H,43,47)(H,49,50)(H,39,40,46)(H2,42,44,51)/t21?,22-,25+,30-,38-/m1/s1. The average Bonchev–Trinajstić information content (AvgIpc) is 3.35. The number of anilines is 1. The second kappa shape index (κ2) is 14.9. The number of aromatic nitrogens is 2. The van der Waals surface area contributed by atoms with E-state index in [0.717, 1.165) is 5.56 Å². The van der Waals surface area contributed by atoms with Crippen molar-refractivity contribution in [3.8, 4) is 22.1 Å². The molecule has 5 atom stereocenters. The van der Waals surface area contributed by atoms with Crippen LogP contribution < -0.4 is 30.7 Å². The van der Waals surface area contributed by atoms with Crippen LogP contribution in [-0.2, 0) is 19.2 Å². The molecule has 1 aliphatic carbocycles. The van der Waals surface area contributed by atoms with Gasteiger partial charge in [-0.1, -0.05) is 38.2 Å². The van der Waals surface area contributed by atoms with Crippen LogP contribution in [0.4, 0.5) is 9.93 Å². The average molecular weight is 764 g/mol. The number of fused-ring (bicyclic) bond motifs is 1. The monoisotopic (exact) mass is 763 g/mol. The fourth-order valence-electron chi connectivity index (χ4n) is 6.62. The Balaban J connectivity index is 1.54. The Morgan fingerprint density at radius 3 is 2.41 bits per heavy atom. The lowest BCUT2D eigenvalue weighted by molar-refractivity contribution is -0.146. The van der Waals surface area contributed by atoms with E-state index in [9.17, 15) is 29.1 Å². The fourth-order valence-corrected chi connectivity index (χ4v) is 7.44. The van der Waals surface area contributed by atoms with Crippen molar-refractivity contribution in [1.82, 2.24) is 30.8 Å². The third kappa shape index (κ3) is 8.43. The number of hydrogen-bond donors (Lipinski definition) is 5. The van der Waals surface area contributed by atoms with Gasteiger partial charge in [0.1, 0.15) is 35.2 Å². The second-order valence-electron chi connectivity index (χ2n) is 15.9. The van der Waals surface area contributed by atoms with Crippen molar-refractivity contribution in [3.63, 3.8) is 0 Å². The van der Waals surface area contributed by atoms with Gasteiger partial charge >= 0.3 is 12.0 Å². The van der Waals surface area contributed by atoms with E-state index in [2.05, 4.69) is 32.8 Å². The number of aryl methyl sites for hydroxylation is 1. The third-order valence-corrected chi connectivity index (χ3v) is 10.4. The lowest BCUT2D eigenvalue weighted by Crippen LogP contribution is -2.61. The summed E-state index contributed by atoms with van der Waals surface area (Å²) in [7, 11) is 1.56. The molecule has 1 saturated carbocycles. The van der Waals surface area contributed by atoms with Gasteiger partial charge in [0.2, 0.25) is 17.7 Å². The van der Waals surface area contributed by atoms with E-state index in [4.69, 9.17) is 14.5 Å². The molecular weight excluding hydrogens is 715 g/mol. The largest absolute Gasteiger partial charge is 0.496 e. The Labute approximate surface area is 318 Å². The molecule has 5 rings (SSSR count). The van der Waals surface area contributed by atoms with Crippen LogP contribution in [0, 0.1) is 18.3 Å². The first-order valence-corrected chi connectivity index (χ1v) is 18.4. The Morgan fingerprint density at radius 2 is 1.83 bits per heavy atom. The number of urea groups is 1. The molecular formula is C38H49N7O8S. The van der Waals surface area contributed by atoms with Gasteiger partial charge in [-0.2, -0.15) is 0 Å². The minimum atomic E-state index is -1.53. The first-order chi connectivity index (χ1) is 25.2. The molecule has 54 heavy (non-hydrogen) atoms. The number of amides is 5. The molecule has 0 radical (unpaired) electrons. The molecule has 3 heterocycles. The molecule has 1 aliphatic heterocycles. The van der Waals surface area contributed by atoms with Gasteiger partial charge in [-0.05, 0) is 51.7 Å². The minimum Gasteiger partial charge on any atom is -0.496 e. The SMILES string of the molecule is C=CC1C[C@]1(NC(=O)[C@@H]1C[C@@H](Oc2cc(-c3cnc(NC(C)=O)s3)nc3c(C)c(OC)ccc23)CN1C(=O)[C@@H](NC(=O)NC(C)(C)C)C(C)(C)C)C(=O)O. The van der Waals surface area contributed by atoms with Crippen molar-refractivity contribution in [3.05, 3.63) is 42.6 Å². The number of aliphatic carboxylic acids is 1. The number of carboxylic acids is 1. The number of carbonyl (C=O) groups excluding carboxylic acids is 4. The van der Waals surface area contributed by atoms with Gasteiger partial charge < -0.3 is 40.7 Å². The highest BCUT2D eigenvalue weighted by Gasteiger charge is 2.61. The molecule has 1 saturated heterocycles. The predicted molar refractivity (Wildman–Crippen MR) is 204 cm³/mol. The number of nitrogens with one attached hydrogen (secondary N) is 4. The maximum Gasteiger partial charge on any atom is 0.330 e. The topological polar surface area (TPSA) is 201 Å². The van der Waals surface area contributed by atoms with Gasteiger partial charge in [0.05, 0.1) is 29.7 Å². The summed E-state index contributed by atoms with van der Waals surface area (Å²) in [6.07, 6.45) is 2.56. The molecule has 2 fully saturated rings. The Kier molecular flexibility index (Phi) is 11.0. The number of thiazole rings is 1. The fraction of sp³-hybridized carbons (Fsp3) is 0.500. The van der Waals surface area contributed by atoms with E-state index in [0.29, 0.717) is 38.1 Å². The minimum absolute atomic E-state index is 0.0264. The molecule has 15 nitrogen and oxygen atoms in total. The van der Waals surface area contributed by atoms with E-state index >= 15 is 0 Å². The summed E-state index contributed by atoms with van der Waals surface area (Å²) in [6.45, 7) is 17.8. The summed E-state index contributed by atoms with van der Waals surface area (Å²) in [5.74, 6) is -2.07. The lowest BCUT2D eigenvalue weighted by Gasteiger charge is -2.36. The van der Waals surface area contributed by atoms with Crippen molar-refractivity contribution < 1.29 is 38.6 Å². The van der Waals surface area contributed by atoms with Gasteiger partial charge in [0.25, 0.3) is 0 Å². The molecule has 2 aromatic heterocycles. The van der Waals surface area contributed by atoms with Gasteiger partial charge in [0, 0.05) is 48.0 Å². The van der Waals surface area contributed by atoms with Crippen molar-refractivity contribution >= 4 is 57.1 Å². The molecule has 5 amide bonds. The zero-order valence-corrected chi connectivity index (χ0v) is 32.9. The number of likely N-dealkylation sites (tertiary alicyclic amines) is 1. The van der Waals surface area contributed by atoms with E-state index in [1.165, 1.54) is 29.2 Å². The van der Waals surface area contributed by atoms with Crippen LogP contribution in [0.1, 0.15) is 66.9 Å². The quantitative estimate of drug-likeness (QED) is 0.171. The summed E-state index contributed by atoms with van der Waals surface area (Å²) in [5.41, 5.74) is -1.04. The molecule has 1 aromatic carbocycles. The second-order valence-corrected chi connectivity index (χ2v) is 17.0. The van der Waals surface area contributed by atoms with E-state index in [-0.39, 0.29) is 25.3 Å². The van der Waals surface area contributed by atoms with Gasteiger partial charge in [0.15, 0.2) is 5.13 Å². The summed E-state index contributed by atoms with van der Waals surface area (Å²) in [6, 6.07) is 2.62. The van der Waals surface area contributed by atoms with Crippen LogP contribution in [-0.4, -0.2) is 92.6 Å². The number of methoxy groups -OCH3 is 1. The van der Waals surface area contributed by atoms with E-state index in [1.807, 2.05) is 54.5 Å². The summed E-state index contributed by atoms with van der Waals surface area (Å²) < 4.78 is 12.3. The molecule has 3 aromatic rings. The molecule has 5 N–H and O–H groups in total. The Morgan fingerprint density at radius 1 is 1.13 bits per heavy atom. The number of carboxylic acid groups (broad SMARTS) is 1. The molecule has 290 valence electrons. The third-order valence-electron chi connectivity index (χ3n) is 9.45. The number of pyridine rings is 1. The van der Waals surface area contributed by atoms with E-state index < -0.39 is 64.4 Å². The number of ether oxygens (including phenoxy) is 2. The normalized spacial score (nSPS) is 21.5. The number of carbonyl (C=O) groups is 5. The van der Waals surface area contributed by atoms with Gasteiger partial charge in [-0.3, -0.25) is 14.4 Å². The summed E-state index contributed by atoms with van der Waals surface area (Å²) in [5, 5.41) is 22.2. The smallest absolute Gasteiger partial charge is 0.330 e. The maximum absolute atomic E-state index is 14.5. The van der Waals surface area contributed by atoms with Gasteiger partial charge in [-0.25, -0.2) is 19.6 Å². The molecule has 0 spiro atoms. The number of nitrogens with zero attached hydrogens (tertiary/aromatic N) is 3. The van der Waals surface area contributed by atoms with Crippen LogP contribution in [0.15, 0.2) is 37.1 Å². The highest BCUT2D eigenvalue weighted by atomic mass is 32.1. The number of hydrogen-bond acceptors (Lipinski definition) is 10. The van der Waals surface area contributed by atoms with Crippen LogP contribution in [0.25, 0.3) is 21.5 Å². The summed E-state index contributed by atoms with van der Waals surface area (Å²) >= 11 is 1.23. The first kappa shape index (κ1) is 39.9. The highest BCUT2D eigenvalue weighted by molar-refractivity contribution is 7.19. The zero-order valence-electron chi connectivity index (χ0n) is 32.1. The van der Waals surface area contributed by atoms with Crippen molar-refractivity contribution in [2.75, 3.05) is 19.0 Å². The number of rotatable bonds is 11.